The molecule has 0 fully saturated rings. The number of nitrogens with zero attached hydrogens (tertiary/aromatic N) is 2. The molecule has 2 nitrogen and oxygen atoms in total. The number of benzene rings is 3. The summed E-state index contributed by atoms with van der Waals surface area (Å²) in [5.74, 6) is 0.858. The van der Waals surface area contributed by atoms with Crippen LogP contribution in [0.1, 0.15) is 114 Å². The van der Waals surface area contributed by atoms with Gasteiger partial charge < -0.3 is 0 Å². The topological polar surface area (TPSA) is 6.02 Å². The molecule has 2 atom stereocenters. The molecular formula is C46H54N2+2. The zero-order valence-corrected chi connectivity index (χ0v) is 31.3. The van der Waals surface area contributed by atoms with Gasteiger partial charge in [-0.05, 0) is 49.9 Å². The number of hydrogen-bond donors (Lipinski definition) is 0. The zero-order valence-electron chi connectivity index (χ0n) is 31.3. The molecule has 2 heterocycles. The highest BCUT2D eigenvalue weighted by atomic mass is 15.1. The van der Waals surface area contributed by atoms with Gasteiger partial charge in [0.1, 0.15) is 14.1 Å². The molecule has 0 saturated heterocycles. The Balaban J connectivity index is 1.20. The molecule has 0 bridgehead atoms. The molecule has 0 radical (unpaired) electrons. The third-order valence-corrected chi connectivity index (χ3v) is 12.8. The largest absolute Gasteiger partial charge is 0.210 e. The van der Waals surface area contributed by atoms with Crippen LogP contribution >= 0.6 is 0 Å². The molecule has 0 N–H and O–H groups in total. The van der Waals surface area contributed by atoms with Gasteiger partial charge in [-0.3, -0.25) is 0 Å². The second kappa shape index (κ2) is 10.7. The molecule has 246 valence electrons. The van der Waals surface area contributed by atoms with Gasteiger partial charge in [0, 0.05) is 58.1 Å². The van der Waals surface area contributed by atoms with Crippen molar-refractivity contribution >= 4 is 22.8 Å². The predicted octanol–water partition coefficient (Wildman–Crippen LogP) is 10.9. The van der Waals surface area contributed by atoms with Crippen LogP contribution < -0.4 is 0 Å². The molecule has 2 unspecified atom stereocenters. The summed E-state index contributed by atoms with van der Waals surface area (Å²) in [6, 6.07) is 22.9. The lowest BCUT2D eigenvalue weighted by Gasteiger charge is -2.23. The lowest BCUT2D eigenvalue weighted by Crippen LogP contribution is -2.26. The lowest BCUT2D eigenvalue weighted by molar-refractivity contribution is -0.404. The monoisotopic (exact) mass is 634 g/mol. The fourth-order valence-electron chi connectivity index (χ4n) is 9.95. The van der Waals surface area contributed by atoms with E-state index in [9.17, 15) is 0 Å². The van der Waals surface area contributed by atoms with Crippen molar-refractivity contribution in [1.29, 1.82) is 0 Å². The van der Waals surface area contributed by atoms with Crippen molar-refractivity contribution in [3.05, 3.63) is 142 Å². The van der Waals surface area contributed by atoms with Crippen molar-refractivity contribution in [3.8, 4) is 0 Å². The highest BCUT2D eigenvalue weighted by Crippen LogP contribution is 2.52. The summed E-state index contributed by atoms with van der Waals surface area (Å²) in [4.78, 5) is 0. The lowest BCUT2D eigenvalue weighted by atomic mass is 9.77. The van der Waals surface area contributed by atoms with Crippen molar-refractivity contribution in [2.45, 2.75) is 103 Å². The molecule has 0 aromatic heterocycles. The molecular weight excluding hydrogens is 581 g/mol. The fourth-order valence-corrected chi connectivity index (χ4v) is 9.95. The van der Waals surface area contributed by atoms with E-state index < -0.39 is 0 Å². The Morgan fingerprint density at radius 3 is 1.21 bits per heavy atom. The van der Waals surface area contributed by atoms with Crippen LogP contribution in [0.3, 0.4) is 0 Å². The first-order chi connectivity index (χ1) is 22.5. The van der Waals surface area contributed by atoms with E-state index in [0.717, 1.165) is 0 Å². The van der Waals surface area contributed by atoms with E-state index in [-0.39, 0.29) is 21.7 Å². The van der Waals surface area contributed by atoms with Crippen LogP contribution in [0.25, 0.3) is 0 Å². The highest BCUT2D eigenvalue weighted by Gasteiger charge is 2.50. The molecule has 0 spiro atoms. The molecule has 2 aliphatic heterocycles. The Bertz CT molecular complexity index is 1910. The van der Waals surface area contributed by atoms with Gasteiger partial charge in [-0.2, -0.15) is 9.15 Å². The second-order valence-electron chi connectivity index (χ2n) is 16.9. The predicted molar refractivity (Wildman–Crippen MR) is 204 cm³/mol. The van der Waals surface area contributed by atoms with E-state index in [2.05, 4.69) is 190 Å². The Hall–Kier alpha value is -4.04. The first-order valence-corrected chi connectivity index (χ1v) is 17.9. The molecule has 0 amide bonds. The van der Waals surface area contributed by atoms with Crippen LogP contribution in [-0.2, 0) is 21.7 Å². The Kier molecular flexibility index (Phi) is 7.27. The van der Waals surface area contributed by atoms with Crippen LogP contribution in [0.15, 0.2) is 108 Å². The normalized spacial score (nSPS) is 25.9. The number of hydrogen-bond acceptors (Lipinski definition) is 0. The maximum absolute atomic E-state index is 2.47. The summed E-state index contributed by atoms with van der Waals surface area (Å²) < 4.78 is 4.86. The van der Waals surface area contributed by atoms with Gasteiger partial charge in [-0.15, -0.1) is 0 Å². The summed E-state index contributed by atoms with van der Waals surface area (Å²) in [5.41, 5.74) is 16.8. The van der Waals surface area contributed by atoms with Gasteiger partial charge in [-0.25, -0.2) is 0 Å². The average molecular weight is 635 g/mol. The minimum Gasteiger partial charge on any atom is -0.198 e. The molecule has 3 aromatic rings. The Morgan fingerprint density at radius 1 is 0.500 bits per heavy atom. The standard InChI is InChI=1S/C46H54N2/c1-29-31-19-13-15-21-35(31)43(3,4)33(29)23-17-25-41-45(7,8)37-27-40-38(28-39(37)47(41)11)46(9,10)42(48(40)12)26-18-24-34-30(2)32-20-14-16-22-36(32)44(34,5)6/h13-30H,1-12H3/q+2. The summed E-state index contributed by atoms with van der Waals surface area (Å²) >= 11 is 0. The molecule has 48 heavy (non-hydrogen) atoms. The van der Waals surface area contributed by atoms with Gasteiger partial charge in [0.05, 0.1) is 10.8 Å². The number of allylic oxidation sites excluding steroid dienone is 8. The highest BCUT2D eigenvalue weighted by molar-refractivity contribution is 6.06. The first-order valence-electron chi connectivity index (χ1n) is 17.9. The number of fused-ring (bicyclic) bond motifs is 4. The summed E-state index contributed by atoms with van der Waals surface area (Å²) in [6.07, 6.45) is 14.1. The summed E-state index contributed by atoms with van der Waals surface area (Å²) in [5, 5.41) is 0. The third-order valence-electron chi connectivity index (χ3n) is 12.8. The summed E-state index contributed by atoms with van der Waals surface area (Å²) in [7, 11) is 4.49. The van der Waals surface area contributed by atoms with Crippen LogP contribution in [0.5, 0.6) is 0 Å². The van der Waals surface area contributed by atoms with Crippen LogP contribution in [0.2, 0.25) is 0 Å². The van der Waals surface area contributed by atoms with E-state index in [1.165, 1.54) is 67.3 Å². The molecule has 4 aliphatic rings. The first kappa shape index (κ1) is 32.5. The minimum atomic E-state index is -0.110. The quantitative estimate of drug-likeness (QED) is 0.252. The molecule has 2 aliphatic carbocycles. The summed E-state index contributed by atoms with van der Waals surface area (Å²) in [6.45, 7) is 23.7. The third kappa shape index (κ3) is 4.44. The average Bonchev–Trinajstić information content (AvgIpc) is 3.53. The fraction of sp³-hybridized carbons (Fsp3) is 0.391. The maximum atomic E-state index is 2.47. The van der Waals surface area contributed by atoms with Crippen molar-refractivity contribution in [2.24, 2.45) is 0 Å². The minimum absolute atomic E-state index is 0.0394. The molecule has 3 aromatic carbocycles. The molecule has 2 heteroatoms. The van der Waals surface area contributed by atoms with E-state index >= 15 is 0 Å². The SMILES string of the molecule is CC1C(=CC=CC2=[N+](C)c3cc4c(cc3C2(C)C)[N+](C)=C(C=CC=C2C(C)c3ccccc3C2(C)C)C4(C)C)C(C)(C)c2ccccc21. The van der Waals surface area contributed by atoms with E-state index in [4.69, 9.17) is 0 Å². The van der Waals surface area contributed by atoms with Crippen molar-refractivity contribution in [3.63, 3.8) is 0 Å². The van der Waals surface area contributed by atoms with Crippen molar-refractivity contribution in [2.75, 3.05) is 14.1 Å². The van der Waals surface area contributed by atoms with Crippen LogP contribution in [0, 0.1) is 0 Å². The number of rotatable bonds is 4. The van der Waals surface area contributed by atoms with E-state index in [0.29, 0.717) is 11.8 Å². The van der Waals surface area contributed by atoms with E-state index in [1.807, 2.05) is 0 Å². The molecule has 0 saturated carbocycles. The van der Waals surface area contributed by atoms with Crippen LogP contribution in [0.4, 0.5) is 11.4 Å². The van der Waals surface area contributed by atoms with Gasteiger partial charge in [0.15, 0.2) is 11.4 Å². The Morgan fingerprint density at radius 2 is 0.854 bits per heavy atom. The van der Waals surface area contributed by atoms with E-state index in [1.54, 1.807) is 0 Å². The second-order valence-corrected chi connectivity index (χ2v) is 16.9. The van der Waals surface area contributed by atoms with Crippen molar-refractivity contribution < 1.29 is 9.15 Å². The van der Waals surface area contributed by atoms with Gasteiger partial charge >= 0.3 is 0 Å². The van der Waals surface area contributed by atoms with Gasteiger partial charge in [-0.1, -0.05) is 126 Å². The maximum Gasteiger partial charge on any atom is 0.210 e. The Labute approximate surface area is 289 Å². The van der Waals surface area contributed by atoms with Gasteiger partial charge in [0.25, 0.3) is 0 Å². The molecule has 7 rings (SSSR count). The smallest absolute Gasteiger partial charge is 0.198 e. The van der Waals surface area contributed by atoms with Crippen molar-refractivity contribution in [1.82, 2.24) is 0 Å². The zero-order chi connectivity index (χ0) is 34.6. The van der Waals surface area contributed by atoms with Crippen LogP contribution in [-0.4, -0.2) is 34.7 Å². The van der Waals surface area contributed by atoms with Gasteiger partial charge in [0.2, 0.25) is 11.4 Å².